The van der Waals surface area contributed by atoms with Crippen LogP contribution in [0.25, 0.3) is 22.0 Å². The Morgan fingerprint density at radius 2 is 1.91 bits per heavy atom. The number of halogens is 1. The minimum Gasteiger partial charge on any atom is -0.507 e. The molecule has 0 spiro atoms. The standard InChI is InChI=1S/C24H22N2O4S.ClH/c1-3-30-24(28)23-19-13-22(27)18(16-8-7-11-25-14-16)12-20(19)26(2)21(23)15-31(29)17-9-5-4-6-10-17;/h4-14,27H,3,15H2,1-2H3;1H. The van der Waals surface area contributed by atoms with Crippen molar-refractivity contribution < 1.29 is 18.8 Å². The second kappa shape index (κ2) is 9.97. The molecule has 2 aromatic heterocycles. The Kier molecular flexibility index (Phi) is 7.33. The molecule has 4 aromatic rings. The Bertz CT molecular complexity index is 1270. The van der Waals surface area contributed by atoms with E-state index in [4.69, 9.17) is 4.74 Å². The molecule has 0 aliphatic heterocycles. The van der Waals surface area contributed by atoms with Gasteiger partial charge in [0.1, 0.15) is 5.75 Å². The number of aromatic nitrogens is 2. The summed E-state index contributed by atoms with van der Waals surface area (Å²) in [6.07, 6.45) is 3.33. The number of ether oxygens (including phenoxy) is 1. The van der Waals surface area contributed by atoms with Crippen molar-refractivity contribution in [1.29, 1.82) is 0 Å². The van der Waals surface area contributed by atoms with Crippen molar-refractivity contribution in [3.8, 4) is 16.9 Å². The highest BCUT2D eigenvalue weighted by atomic mass is 35.5. The second-order valence-corrected chi connectivity index (χ2v) is 8.48. The minimum absolute atomic E-state index is 0. The molecule has 0 saturated carbocycles. The summed E-state index contributed by atoms with van der Waals surface area (Å²) in [6.45, 7) is 1.96. The summed E-state index contributed by atoms with van der Waals surface area (Å²) in [7, 11) is 0.476. The van der Waals surface area contributed by atoms with E-state index in [0.717, 1.165) is 11.1 Å². The van der Waals surface area contributed by atoms with Crippen molar-refractivity contribution in [2.45, 2.75) is 17.6 Å². The smallest absolute Gasteiger partial charge is 0.340 e. The van der Waals surface area contributed by atoms with Gasteiger partial charge in [-0.25, -0.2) is 4.79 Å². The van der Waals surface area contributed by atoms with Crippen LogP contribution in [0.3, 0.4) is 0 Å². The molecule has 1 N–H and O–H groups in total. The lowest BCUT2D eigenvalue weighted by Gasteiger charge is -2.08. The summed E-state index contributed by atoms with van der Waals surface area (Å²) in [4.78, 5) is 17.7. The second-order valence-electron chi connectivity index (χ2n) is 7.03. The van der Waals surface area contributed by atoms with E-state index in [1.165, 1.54) is 0 Å². The average molecular weight is 471 g/mol. The Labute approximate surface area is 194 Å². The number of carbonyl (C=O) groups excluding carboxylic acids is 1. The molecule has 0 aliphatic carbocycles. The molecule has 166 valence electrons. The predicted molar refractivity (Wildman–Crippen MR) is 128 cm³/mol. The molecule has 1 atom stereocenters. The van der Waals surface area contributed by atoms with Crippen LogP contribution >= 0.6 is 12.4 Å². The van der Waals surface area contributed by atoms with Crippen LogP contribution in [0.1, 0.15) is 23.0 Å². The Morgan fingerprint density at radius 3 is 2.56 bits per heavy atom. The van der Waals surface area contributed by atoms with Crippen molar-refractivity contribution in [1.82, 2.24) is 9.55 Å². The number of aryl methyl sites for hydroxylation is 1. The molecular formula is C24H23ClN2O4S. The van der Waals surface area contributed by atoms with Crippen LogP contribution in [0.5, 0.6) is 5.75 Å². The topological polar surface area (TPSA) is 81.4 Å². The highest BCUT2D eigenvalue weighted by Gasteiger charge is 2.25. The third-order valence-corrected chi connectivity index (χ3v) is 6.50. The normalized spacial score (nSPS) is 11.7. The van der Waals surface area contributed by atoms with Gasteiger partial charge in [0.05, 0.1) is 28.7 Å². The van der Waals surface area contributed by atoms with E-state index in [0.29, 0.717) is 27.1 Å². The van der Waals surface area contributed by atoms with Crippen LogP contribution in [-0.4, -0.2) is 31.4 Å². The predicted octanol–water partition coefficient (Wildman–Crippen LogP) is 4.85. The lowest BCUT2D eigenvalue weighted by atomic mass is 10.0. The summed E-state index contributed by atoms with van der Waals surface area (Å²) >= 11 is 0. The van der Waals surface area contributed by atoms with Gasteiger partial charge >= 0.3 is 5.97 Å². The number of rotatable bonds is 6. The van der Waals surface area contributed by atoms with E-state index in [-0.39, 0.29) is 30.5 Å². The van der Waals surface area contributed by atoms with Crippen molar-refractivity contribution in [3.63, 3.8) is 0 Å². The van der Waals surface area contributed by atoms with E-state index < -0.39 is 16.8 Å². The van der Waals surface area contributed by atoms with E-state index in [2.05, 4.69) is 4.98 Å². The Balaban J connectivity index is 0.00000289. The number of fused-ring (bicyclic) bond motifs is 1. The summed E-state index contributed by atoms with van der Waals surface area (Å²) in [5, 5.41) is 11.3. The van der Waals surface area contributed by atoms with Crippen LogP contribution in [-0.2, 0) is 28.3 Å². The Hall–Kier alpha value is -3.16. The molecule has 0 radical (unpaired) electrons. The maximum Gasteiger partial charge on any atom is 0.340 e. The molecule has 4 rings (SSSR count). The number of benzene rings is 2. The van der Waals surface area contributed by atoms with E-state index >= 15 is 0 Å². The van der Waals surface area contributed by atoms with Crippen molar-refractivity contribution >= 4 is 40.1 Å². The number of pyridine rings is 1. The third kappa shape index (κ3) is 4.40. The average Bonchev–Trinajstić information content (AvgIpc) is 3.05. The van der Waals surface area contributed by atoms with Crippen LogP contribution in [0.2, 0.25) is 0 Å². The number of aromatic hydroxyl groups is 1. The fraction of sp³-hybridized carbons (Fsp3) is 0.167. The van der Waals surface area contributed by atoms with E-state index in [1.807, 2.05) is 41.9 Å². The van der Waals surface area contributed by atoms with Crippen molar-refractivity contribution in [3.05, 3.63) is 78.2 Å². The molecule has 2 heterocycles. The minimum atomic E-state index is -1.35. The summed E-state index contributed by atoms with van der Waals surface area (Å²) in [5.74, 6) is -0.319. The van der Waals surface area contributed by atoms with Crippen molar-refractivity contribution in [2.75, 3.05) is 6.61 Å². The van der Waals surface area contributed by atoms with Gasteiger partial charge in [-0.05, 0) is 37.3 Å². The summed E-state index contributed by atoms with van der Waals surface area (Å²) in [5.41, 5.74) is 3.03. The van der Waals surface area contributed by atoms with Gasteiger partial charge in [-0.3, -0.25) is 9.19 Å². The first kappa shape index (κ1) is 23.5. The fourth-order valence-corrected chi connectivity index (χ4v) is 4.87. The molecular weight excluding hydrogens is 448 g/mol. The zero-order valence-electron chi connectivity index (χ0n) is 17.6. The molecule has 0 bridgehead atoms. The molecule has 0 fully saturated rings. The summed E-state index contributed by atoms with van der Waals surface area (Å²) in [6, 6.07) is 16.2. The molecule has 1 unspecified atom stereocenters. The molecule has 2 aromatic carbocycles. The van der Waals surface area contributed by atoms with E-state index in [1.54, 1.807) is 43.6 Å². The van der Waals surface area contributed by atoms with Crippen LogP contribution in [0, 0.1) is 0 Å². The molecule has 0 saturated heterocycles. The number of esters is 1. The SMILES string of the molecule is CCOC(=O)c1c(CS(=O)c2ccccc2)n(C)c2cc(-c3cccnc3)c(O)cc12.Cl. The van der Waals surface area contributed by atoms with Gasteiger partial charge in [0.25, 0.3) is 0 Å². The number of nitrogens with zero attached hydrogens (tertiary/aromatic N) is 2. The zero-order valence-corrected chi connectivity index (χ0v) is 19.3. The monoisotopic (exact) mass is 470 g/mol. The fourth-order valence-electron chi connectivity index (χ4n) is 3.66. The lowest BCUT2D eigenvalue weighted by molar-refractivity contribution is 0.0527. The number of hydrogen-bond acceptors (Lipinski definition) is 5. The highest BCUT2D eigenvalue weighted by molar-refractivity contribution is 7.84. The number of phenols is 1. The molecule has 0 aliphatic rings. The van der Waals surface area contributed by atoms with Gasteiger partial charge < -0.3 is 14.4 Å². The first-order valence-corrected chi connectivity index (χ1v) is 11.2. The number of phenolic OH excluding ortho intramolecular Hbond substituents is 1. The quantitative estimate of drug-likeness (QED) is 0.407. The first-order chi connectivity index (χ1) is 15.0. The van der Waals surface area contributed by atoms with Crippen molar-refractivity contribution in [2.24, 2.45) is 7.05 Å². The van der Waals surface area contributed by atoms with Gasteiger partial charge in [0, 0.05) is 52.1 Å². The zero-order chi connectivity index (χ0) is 22.0. The van der Waals surface area contributed by atoms with Gasteiger partial charge in [-0.2, -0.15) is 0 Å². The number of carbonyl (C=O) groups is 1. The van der Waals surface area contributed by atoms with Gasteiger partial charge in [0.15, 0.2) is 0 Å². The molecule has 8 heteroatoms. The highest BCUT2D eigenvalue weighted by Crippen LogP contribution is 2.37. The number of hydrogen-bond donors (Lipinski definition) is 1. The summed E-state index contributed by atoms with van der Waals surface area (Å²) < 4.78 is 20.2. The molecule has 0 amide bonds. The van der Waals surface area contributed by atoms with Gasteiger partial charge in [-0.1, -0.05) is 24.3 Å². The van der Waals surface area contributed by atoms with Gasteiger partial charge in [0.2, 0.25) is 0 Å². The van der Waals surface area contributed by atoms with Gasteiger partial charge in [-0.15, -0.1) is 12.4 Å². The largest absolute Gasteiger partial charge is 0.507 e. The van der Waals surface area contributed by atoms with Crippen LogP contribution in [0.15, 0.2) is 71.9 Å². The lowest BCUT2D eigenvalue weighted by Crippen LogP contribution is -2.11. The first-order valence-electron chi connectivity index (χ1n) is 9.86. The maximum absolute atomic E-state index is 13.0. The molecule has 32 heavy (non-hydrogen) atoms. The molecule has 6 nitrogen and oxygen atoms in total. The Morgan fingerprint density at radius 1 is 1.16 bits per heavy atom. The van der Waals surface area contributed by atoms with Crippen LogP contribution in [0.4, 0.5) is 0 Å². The van der Waals surface area contributed by atoms with E-state index in [9.17, 15) is 14.1 Å². The third-order valence-electron chi connectivity index (χ3n) is 5.16. The maximum atomic E-state index is 13.0. The van der Waals surface area contributed by atoms with Crippen LogP contribution < -0.4 is 0 Å².